The molecule has 25 heavy (non-hydrogen) atoms. The third kappa shape index (κ3) is 3.62. The molecule has 0 spiro atoms. The predicted molar refractivity (Wildman–Crippen MR) is 101 cm³/mol. The highest BCUT2D eigenvalue weighted by molar-refractivity contribution is 5.79. The number of fused-ring (bicyclic) bond motifs is 2. The van der Waals surface area contributed by atoms with Crippen LogP contribution in [0.15, 0.2) is 30.3 Å². The summed E-state index contributed by atoms with van der Waals surface area (Å²) in [5, 5.41) is 0. The molecule has 3 nitrogen and oxygen atoms in total. The second-order valence-corrected chi connectivity index (χ2v) is 8.56. The summed E-state index contributed by atoms with van der Waals surface area (Å²) in [4.78, 5) is 15.4. The van der Waals surface area contributed by atoms with Crippen LogP contribution >= 0.6 is 0 Å². The normalized spacial score (nSPS) is 35.9. The molecular formula is C22H32N2O. The molecule has 1 aromatic carbocycles. The maximum Gasteiger partial charge on any atom is 0.225 e. The number of amides is 1. The highest BCUT2D eigenvalue weighted by Crippen LogP contribution is 2.42. The van der Waals surface area contributed by atoms with Crippen molar-refractivity contribution in [3.05, 3.63) is 35.9 Å². The molecule has 4 rings (SSSR count). The first-order valence-corrected chi connectivity index (χ1v) is 10.3. The molecule has 3 aliphatic rings. The van der Waals surface area contributed by atoms with E-state index >= 15 is 0 Å². The van der Waals surface area contributed by atoms with Crippen LogP contribution in [-0.2, 0) is 4.79 Å². The van der Waals surface area contributed by atoms with Crippen molar-refractivity contribution in [2.75, 3.05) is 13.1 Å². The van der Waals surface area contributed by atoms with E-state index in [1.54, 1.807) is 0 Å². The molecule has 2 bridgehead atoms. The minimum atomic E-state index is 0.239. The van der Waals surface area contributed by atoms with Crippen molar-refractivity contribution in [3.63, 3.8) is 0 Å². The van der Waals surface area contributed by atoms with Gasteiger partial charge in [0.2, 0.25) is 5.91 Å². The van der Waals surface area contributed by atoms with E-state index in [2.05, 4.69) is 35.2 Å². The number of nitrogens with two attached hydrogens (primary N) is 1. The summed E-state index contributed by atoms with van der Waals surface area (Å²) in [7, 11) is 0. The zero-order valence-electron chi connectivity index (χ0n) is 15.3. The number of hydrogen-bond acceptors (Lipinski definition) is 2. The molecule has 3 heteroatoms. The van der Waals surface area contributed by atoms with Crippen LogP contribution in [0.1, 0.15) is 62.8 Å². The molecule has 1 aliphatic heterocycles. The lowest BCUT2D eigenvalue weighted by Crippen LogP contribution is -2.49. The minimum absolute atomic E-state index is 0.239. The molecule has 2 saturated carbocycles. The molecule has 3 unspecified atom stereocenters. The Kier molecular flexibility index (Phi) is 5.12. The van der Waals surface area contributed by atoms with E-state index in [1.807, 2.05) is 0 Å². The van der Waals surface area contributed by atoms with Crippen molar-refractivity contribution in [1.29, 1.82) is 0 Å². The van der Waals surface area contributed by atoms with E-state index in [0.29, 0.717) is 29.7 Å². The van der Waals surface area contributed by atoms with Gasteiger partial charge in [0.05, 0.1) is 0 Å². The van der Waals surface area contributed by atoms with Crippen molar-refractivity contribution in [2.24, 2.45) is 23.5 Å². The zero-order valence-corrected chi connectivity index (χ0v) is 15.3. The zero-order chi connectivity index (χ0) is 17.2. The van der Waals surface area contributed by atoms with Gasteiger partial charge in [-0.2, -0.15) is 0 Å². The molecule has 2 N–H and O–H groups in total. The number of rotatable bonds is 2. The van der Waals surface area contributed by atoms with Crippen LogP contribution in [-0.4, -0.2) is 29.9 Å². The van der Waals surface area contributed by atoms with Crippen molar-refractivity contribution < 1.29 is 4.79 Å². The van der Waals surface area contributed by atoms with E-state index in [9.17, 15) is 4.79 Å². The van der Waals surface area contributed by atoms with Crippen molar-refractivity contribution in [2.45, 2.75) is 63.3 Å². The summed E-state index contributed by atoms with van der Waals surface area (Å²) in [6.07, 6.45) is 9.29. The van der Waals surface area contributed by atoms with Gasteiger partial charge in [-0.05, 0) is 68.3 Å². The molecule has 1 aromatic rings. The topological polar surface area (TPSA) is 46.3 Å². The number of nitrogens with zero attached hydrogens (tertiary/aromatic N) is 1. The van der Waals surface area contributed by atoms with Gasteiger partial charge >= 0.3 is 0 Å². The molecule has 0 radical (unpaired) electrons. The van der Waals surface area contributed by atoms with E-state index in [-0.39, 0.29) is 5.92 Å². The number of carbonyl (C=O) groups is 1. The van der Waals surface area contributed by atoms with Gasteiger partial charge in [-0.15, -0.1) is 0 Å². The molecule has 3 fully saturated rings. The maximum absolute atomic E-state index is 13.2. The summed E-state index contributed by atoms with van der Waals surface area (Å²) < 4.78 is 0. The lowest BCUT2D eigenvalue weighted by molar-refractivity contribution is -0.138. The standard InChI is InChI=1S/C22H32N2O/c23-21-18-8-4-9-19(21)15-20(14-18)22(25)24-12-5-10-17(11-13-24)16-6-2-1-3-7-16/h1-3,6-7,17-21H,4-5,8-15,23H2. The van der Waals surface area contributed by atoms with Crippen LogP contribution in [0.25, 0.3) is 0 Å². The second kappa shape index (κ2) is 7.49. The molecule has 0 aromatic heterocycles. The smallest absolute Gasteiger partial charge is 0.225 e. The summed E-state index contributed by atoms with van der Waals surface area (Å²) in [5.74, 6) is 2.45. The molecule has 136 valence electrons. The Morgan fingerprint density at radius 3 is 2.36 bits per heavy atom. The monoisotopic (exact) mass is 340 g/mol. The SMILES string of the molecule is NC1C2CCCC1CC(C(=O)N1CCCC(c3ccccc3)CC1)C2. The van der Waals surface area contributed by atoms with Crippen molar-refractivity contribution in [1.82, 2.24) is 4.90 Å². The fraction of sp³-hybridized carbons (Fsp3) is 0.682. The number of benzene rings is 1. The Morgan fingerprint density at radius 2 is 1.64 bits per heavy atom. The van der Waals surface area contributed by atoms with Crippen LogP contribution in [0, 0.1) is 17.8 Å². The average molecular weight is 341 g/mol. The van der Waals surface area contributed by atoms with E-state index < -0.39 is 0 Å². The average Bonchev–Trinajstić information content (AvgIpc) is 2.88. The van der Waals surface area contributed by atoms with Crippen LogP contribution in [0.4, 0.5) is 0 Å². The number of hydrogen-bond donors (Lipinski definition) is 1. The van der Waals surface area contributed by atoms with Gasteiger partial charge in [0, 0.05) is 25.0 Å². The fourth-order valence-electron chi connectivity index (χ4n) is 5.62. The highest BCUT2D eigenvalue weighted by atomic mass is 16.2. The first kappa shape index (κ1) is 17.1. The third-order valence-corrected chi connectivity index (χ3v) is 7.07. The first-order chi connectivity index (χ1) is 12.2. The van der Waals surface area contributed by atoms with Crippen LogP contribution in [0.2, 0.25) is 0 Å². The van der Waals surface area contributed by atoms with Gasteiger partial charge in [0.15, 0.2) is 0 Å². The van der Waals surface area contributed by atoms with E-state index in [1.165, 1.54) is 31.2 Å². The largest absolute Gasteiger partial charge is 0.342 e. The Hall–Kier alpha value is -1.35. The number of likely N-dealkylation sites (tertiary alicyclic amines) is 1. The Morgan fingerprint density at radius 1 is 0.920 bits per heavy atom. The summed E-state index contributed by atoms with van der Waals surface area (Å²) in [5.41, 5.74) is 7.85. The highest BCUT2D eigenvalue weighted by Gasteiger charge is 2.41. The molecular weight excluding hydrogens is 308 g/mol. The van der Waals surface area contributed by atoms with Gasteiger partial charge in [-0.25, -0.2) is 0 Å². The number of carbonyl (C=O) groups excluding carboxylic acids is 1. The molecule has 2 aliphatic carbocycles. The van der Waals surface area contributed by atoms with Crippen LogP contribution in [0.3, 0.4) is 0 Å². The van der Waals surface area contributed by atoms with Gasteiger partial charge in [-0.1, -0.05) is 36.8 Å². The van der Waals surface area contributed by atoms with E-state index in [4.69, 9.17) is 5.73 Å². The second-order valence-electron chi connectivity index (χ2n) is 8.56. The molecule has 3 atom stereocenters. The first-order valence-electron chi connectivity index (χ1n) is 10.3. The van der Waals surface area contributed by atoms with Crippen LogP contribution < -0.4 is 5.73 Å². The Bertz CT molecular complexity index is 573. The fourth-order valence-corrected chi connectivity index (χ4v) is 5.62. The van der Waals surface area contributed by atoms with Crippen molar-refractivity contribution >= 4 is 5.91 Å². The lowest BCUT2D eigenvalue weighted by Gasteiger charge is -2.44. The third-order valence-electron chi connectivity index (χ3n) is 7.07. The lowest BCUT2D eigenvalue weighted by atomic mass is 9.65. The molecule has 1 saturated heterocycles. The molecule has 1 heterocycles. The summed E-state index contributed by atoms with van der Waals surface area (Å²) in [6.45, 7) is 1.87. The maximum atomic E-state index is 13.2. The Balaban J connectivity index is 1.38. The summed E-state index contributed by atoms with van der Waals surface area (Å²) in [6, 6.07) is 11.2. The van der Waals surface area contributed by atoms with Gasteiger partial charge in [-0.3, -0.25) is 4.79 Å². The van der Waals surface area contributed by atoms with Crippen LogP contribution in [0.5, 0.6) is 0 Å². The van der Waals surface area contributed by atoms with Gasteiger partial charge < -0.3 is 10.6 Å². The molecule has 1 amide bonds. The van der Waals surface area contributed by atoms with Gasteiger partial charge in [0.1, 0.15) is 0 Å². The van der Waals surface area contributed by atoms with Gasteiger partial charge in [0.25, 0.3) is 0 Å². The summed E-state index contributed by atoms with van der Waals surface area (Å²) >= 11 is 0. The van der Waals surface area contributed by atoms with E-state index in [0.717, 1.165) is 38.8 Å². The minimum Gasteiger partial charge on any atom is -0.342 e. The Labute approximate surface area is 152 Å². The predicted octanol–water partition coefficient (Wildman–Crippen LogP) is 3.94. The van der Waals surface area contributed by atoms with Crippen molar-refractivity contribution in [3.8, 4) is 0 Å². The quantitative estimate of drug-likeness (QED) is 0.886.